The Morgan fingerprint density at radius 1 is 0.923 bits per heavy atom. The number of imidazole rings is 1. The highest BCUT2D eigenvalue weighted by Crippen LogP contribution is 2.41. The number of hydrogen-bond donors (Lipinski definition) is 1. The number of rotatable bonds is 12. The first-order chi connectivity index (χ1) is 25.4. The lowest BCUT2D eigenvalue weighted by Crippen LogP contribution is -2.50. The van der Waals surface area contributed by atoms with Gasteiger partial charge in [-0.1, -0.05) is 24.3 Å². The number of pyridine rings is 1. The molecule has 2 aliphatic heterocycles. The van der Waals surface area contributed by atoms with E-state index in [1.807, 2.05) is 47.6 Å². The fourth-order valence-electron chi connectivity index (χ4n) is 7.95. The van der Waals surface area contributed by atoms with Crippen LogP contribution in [0.25, 0.3) is 11.0 Å². The minimum absolute atomic E-state index is 0.0905. The van der Waals surface area contributed by atoms with Crippen molar-refractivity contribution >= 4 is 22.9 Å². The SMILES string of the molecule is COc1cc(C(=O)N2CCCC(CCN3CCC(Nc4nc5ccccc5n4Cc4ccncc4)CC3)(c3ccc(F)cc3)C2)cc(OC)c1OC. The summed E-state index contributed by atoms with van der Waals surface area (Å²) in [4.78, 5) is 27.7. The fourth-order valence-corrected chi connectivity index (χ4v) is 7.95. The van der Waals surface area contributed by atoms with Gasteiger partial charge in [-0.3, -0.25) is 9.78 Å². The second-order valence-electron chi connectivity index (χ2n) is 13.9. The number of fused-ring (bicyclic) bond motifs is 1. The number of likely N-dealkylation sites (tertiary alicyclic amines) is 2. The van der Waals surface area contributed by atoms with Gasteiger partial charge in [0.15, 0.2) is 11.5 Å². The molecule has 272 valence electrons. The molecule has 3 aromatic carbocycles. The van der Waals surface area contributed by atoms with E-state index in [2.05, 4.69) is 38.0 Å². The molecule has 0 radical (unpaired) electrons. The van der Waals surface area contributed by atoms with E-state index in [0.717, 1.165) is 80.8 Å². The third kappa shape index (κ3) is 7.41. The Morgan fingerprint density at radius 2 is 1.63 bits per heavy atom. The second-order valence-corrected chi connectivity index (χ2v) is 13.9. The summed E-state index contributed by atoms with van der Waals surface area (Å²) in [7, 11) is 4.64. The number of anilines is 1. The smallest absolute Gasteiger partial charge is 0.254 e. The summed E-state index contributed by atoms with van der Waals surface area (Å²) in [5.41, 5.74) is 4.50. The zero-order chi connectivity index (χ0) is 36.1. The van der Waals surface area contributed by atoms with Gasteiger partial charge in [-0.05, 0) is 98.3 Å². The summed E-state index contributed by atoms with van der Waals surface area (Å²) in [5.74, 6) is 1.87. The van der Waals surface area contributed by atoms with Crippen molar-refractivity contribution in [3.8, 4) is 17.2 Å². The Labute approximate surface area is 304 Å². The third-order valence-corrected chi connectivity index (χ3v) is 10.8. The standard InChI is InChI=1S/C41H47FN6O4/c1-50-36-25-30(26-37(51-2)38(36)52-3)39(49)47-21-6-17-41(28-47,31-9-11-32(42)12-10-31)18-24-46-22-15-33(16-23-46)44-40-45-34-7-4-5-8-35(34)48(40)27-29-13-19-43-20-14-29/h4-5,7-14,19-20,25-26,33H,6,15-18,21-24,27-28H2,1-3H3,(H,44,45). The first kappa shape index (κ1) is 35.3. The van der Waals surface area contributed by atoms with E-state index in [-0.39, 0.29) is 17.1 Å². The van der Waals surface area contributed by atoms with E-state index in [1.54, 1.807) is 33.5 Å². The Hall–Kier alpha value is -5.16. The van der Waals surface area contributed by atoms with Gasteiger partial charge in [-0.25, -0.2) is 9.37 Å². The number of piperidine rings is 2. The molecule has 0 spiro atoms. The van der Waals surface area contributed by atoms with Gasteiger partial charge in [0.2, 0.25) is 11.7 Å². The fraction of sp³-hybridized carbons (Fsp3) is 0.390. The molecule has 2 fully saturated rings. The van der Waals surface area contributed by atoms with E-state index >= 15 is 0 Å². The molecule has 4 heterocycles. The largest absolute Gasteiger partial charge is 0.493 e. The zero-order valence-electron chi connectivity index (χ0n) is 30.2. The zero-order valence-corrected chi connectivity index (χ0v) is 30.2. The van der Waals surface area contributed by atoms with Crippen LogP contribution in [0, 0.1) is 5.82 Å². The number of nitrogens with zero attached hydrogens (tertiary/aromatic N) is 5. The van der Waals surface area contributed by atoms with Crippen molar-refractivity contribution in [2.45, 2.75) is 50.1 Å². The summed E-state index contributed by atoms with van der Waals surface area (Å²) < 4.78 is 33.0. The second kappa shape index (κ2) is 15.6. The number of nitrogens with one attached hydrogen (secondary N) is 1. The molecule has 10 nitrogen and oxygen atoms in total. The Morgan fingerprint density at radius 3 is 2.33 bits per heavy atom. The minimum Gasteiger partial charge on any atom is -0.493 e. The van der Waals surface area contributed by atoms with E-state index in [1.165, 1.54) is 17.7 Å². The van der Waals surface area contributed by atoms with Crippen molar-refractivity contribution in [1.29, 1.82) is 0 Å². The number of para-hydroxylation sites is 2. The summed E-state index contributed by atoms with van der Waals surface area (Å²) in [6.07, 6.45) is 8.27. The quantitative estimate of drug-likeness (QED) is 0.152. The topological polar surface area (TPSA) is 94.0 Å². The lowest BCUT2D eigenvalue weighted by atomic mass is 9.71. The molecule has 2 aromatic heterocycles. The van der Waals surface area contributed by atoms with Gasteiger partial charge in [0.05, 0.1) is 38.9 Å². The lowest BCUT2D eigenvalue weighted by molar-refractivity contribution is 0.0606. The number of aromatic nitrogens is 3. The normalized spacial score (nSPS) is 18.3. The maximum absolute atomic E-state index is 14.2. The van der Waals surface area contributed by atoms with Gasteiger partial charge in [-0.15, -0.1) is 0 Å². The molecule has 1 atom stereocenters. The van der Waals surface area contributed by atoms with Gasteiger partial charge in [0, 0.05) is 55.6 Å². The molecule has 2 saturated heterocycles. The van der Waals surface area contributed by atoms with Crippen LogP contribution in [0.4, 0.5) is 10.3 Å². The number of carbonyl (C=O) groups is 1. The van der Waals surface area contributed by atoms with Crippen LogP contribution in [0.2, 0.25) is 0 Å². The predicted octanol–water partition coefficient (Wildman–Crippen LogP) is 6.79. The highest BCUT2D eigenvalue weighted by Gasteiger charge is 2.39. The van der Waals surface area contributed by atoms with Gasteiger partial charge >= 0.3 is 0 Å². The maximum Gasteiger partial charge on any atom is 0.254 e. The molecule has 5 aromatic rings. The Balaban J connectivity index is 1.04. The maximum atomic E-state index is 14.2. The first-order valence-corrected chi connectivity index (χ1v) is 18.1. The average Bonchev–Trinajstić information content (AvgIpc) is 3.53. The van der Waals surface area contributed by atoms with Gasteiger partial charge in [0.25, 0.3) is 5.91 Å². The van der Waals surface area contributed by atoms with Crippen LogP contribution in [-0.2, 0) is 12.0 Å². The molecule has 0 saturated carbocycles. The van der Waals surface area contributed by atoms with Crippen LogP contribution in [0.3, 0.4) is 0 Å². The van der Waals surface area contributed by atoms with Gasteiger partial charge in [0.1, 0.15) is 5.82 Å². The number of benzene rings is 3. The van der Waals surface area contributed by atoms with Crippen molar-refractivity contribution in [1.82, 2.24) is 24.3 Å². The number of halogens is 1. The van der Waals surface area contributed by atoms with E-state index in [9.17, 15) is 9.18 Å². The molecular formula is C41H47FN6O4. The molecule has 0 aliphatic carbocycles. The number of carbonyl (C=O) groups excluding carboxylic acids is 1. The van der Waals surface area contributed by atoms with Crippen molar-refractivity contribution in [3.63, 3.8) is 0 Å². The Bertz CT molecular complexity index is 1950. The number of amides is 1. The van der Waals surface area contributed by atoms with Gasteiger partial charge < -0.3 is 33.9 Å². The molecule has 52 heavy (non-hydrogen) atoms. The number of ether oxygens (including phenoxy) is 3. The highest BCUT2D eigenvalue weighted by molar-refractivity contribution is 5.96. The van der Waals surface area contributed by atoms with Crippen LogP contribution >= 0.6 is 0 Å². The van der Waals surface area contributed by atoms with E-state index in [4.69, 9.17) is 19.2 Å². The lowest BCUT2D eigenvalue weighted by Gasteiger charge is -2.45. The number of methoxy groups -OCH3 is 3. The third-order valence-electron chi connectivity index (χ3n) is 10.8. The van der Waals surface area contributed by atoms with Crippen LogP contribution < -0.4 is 19.5 Å². The van der Waals surface area contributed by atoms with Crippen molar-refractivity contribution in [3.05, 3.63) is 108 Å². The summed E-state index contributed by atoms with van der Waals surface area (Å²) in [6.45, 7) is 4.69. The Kier molecular flexibility index (Phi) is 10.6. The molecule has 0 bridgehead atoms. The summed E-state index contributed by atoms with van der Waals surface area (Å²) in [6, 6.07) is 23.0. The van der Waals surface area contributed by atoms with Crippen molar-refractivity contribution < 1.29 is 23.4 Å². The van der Waals surface area contributed by atoms with Gasteiger partial charge in [-0.2, -0.15) is 0 Å². The minimum atomic E-state index is -0.310. The highest BCUT2D eigenvalue weighted by atomic mass is 19.1. The van der Waals surface area contributed by atoms with E-state index < -0.39 is 0 Å². The summed E-state index contributed by atoms with van der Waals surface area (Å²) in [5, 5.41) is 3.79. The molecule has 1 amide bonds. The predicted molar refractivity (Wildman–Crippen MR) is 200 cm³/mol. The van der Waals surface area contributed by atoms with Crippen LogP contribution in [0.5, 0.6) is 17.2 Å². The van der Waals surface area contributed by atoms with Crippen molar-refractivity contribution in [2.24, 2.45) is 0 Å². The monoisotopic (exact) mass is 706 g/mol. The molecule has 1 N–H and O–H groups in total. The van der Waals surface area contributed by atoms with E-state index in [0.29, 0.717) is 41.9 Å². The summed E-state index contributed by atoms with van der Waals surface area (Å²) >= 11 is 0. The number of hydrogen-bond acceptors (Lipinski definition) is 8. The van der Waals surface area contributed by atoms with Crippen LogP contribution in [0.1, 0.15) is 53.6 Å². The molecule has 11 heteroatoms. The first-order valence-electron chi connectivity index (χ1n) is 18.1. The van der Waals surface area contributed by atoms with Crippen molar-refractivity contribution in [2.75, 3.05) is 59.4 Å². The van der Waals surface area contributed by atoms with Crippen LogP contribution in [-0.4, -0.2) is 90.3 Å². The van der Waals surface area contributed by atoms with Crippen LogP contribution in [0.15, 0.2) is 85.2 Å². The molecule has 1 unspecified atom stereocenters. The molecule has 2 aliphatic rings. The molecule has 7 rings (SSSR count). The molecular weight excluding hydrogens is 659 g/mol. The average molecular weight is 707 g/mol.